The van der Waals surface area contributed by atoms with Crippen LogP contribution >= 0.6 is 0 Å². The molecule has 2 aliphatic heterocycles. The predicted molar refractivity (Wildman–Crippen MR) is 99.2 cm³/mol. The Labute approximate surface area is 159 Å². The average Bonchev–Trinajstić information content (AvgIpc) is 3.13. The lowest BCUT2D eigenvalue weighted by atomic mass is 9.95. The lowest BCUT2D eigenvalue weighted by Crippen LogP contribution is -2.45. The second kappa shape index (κ2) is 8.43. The van der Waals surface area contributed by atoms with E-state index in [1.807, 2.05) is 38.1 Å². The van der Waals surface area contributed by atoms with Crippen LogP contribution in [0, 0.1) is 0 Å². The molecule has 0 radical (unpaired) electrons. The van der Waals surface area contributed by atoms with Gasteiger partial charge in [-0.3, -0.25) is 0 Å². The molecule has 0 spiro atoms. The first-order valence-corrected chi connectivity index (χ1v) is 9.27. The first kappa shape index (κ1) is 19.2. The Morgan fingerprint density at radius 2 is 2.04 bits per heavy atom. The molecular formula is C20H26N2O5. The summed E-state index contributed by atoms with van der Waals surface area (Å²) in [6.45, 7) is 6.53. The van der Waals surface area contributed by atoms with Crippen LogP contribution in [0.25, 0.3) is 0 Å². The summed E-state index contributed by atoms with van der Waals surface area (Å²) in [4.78, 5) is 24.7. The van der Waals surface area contributed by atoms with E-state index in [0.717, 1.165) is 24.2 Å². The number of rotatable bonds is 6. The molecule has 7 heteroatoms. The third kappa shape index (κ3) is 4.80. The summed E-state index contributed by atoms with van der Waals surface area (Å²) in [6, 6.07) is 6.41. The van der Waals surface area contributed by atoms with E-state index < -0.39 is 12.0 Å². The zero-order chi connectivity index (χ0) is 19.4. The minimum Gasteiger partial charge on any atom is -0.491 e. The van der Waals surface area contributed by atoms with E-state index in [-0.39, 0.29) is 24.8 Å². The molecule has 3 rings (SSSR count). The fraction of sp³-hybridized carbons (Fsp3) is 0.500. The second-order valence-electron chi connectivity index (χ2n) is 7.04. The Morgan fingerprint density at radius 1 is 1.30 bits per heavy atom. The van der Waals surface area contributed by atoms with Crippen LogP contribution in [0.3, 0.4) is 0 Å². The first-order valence-electron chi connectivity index (χ1n) is 9.27. The van der Waals surface area contributed by atoms with Crippen LogP contribution in [0.4, 0.5) is 4.79 Å². The average molecular weight is 374 g/mol. The van der Waals surface area contributed by atoms with E-state index in [1.165, 1.54) is 0 Å². The molecule has 0 aliphatic carbocycles. The van der Waals surface area contributed by atoms with Gasteiger partial charge in [-0.15, -0.1) is 0 Å². The van der Waals surface area contributed by atoms with E-state index in [9.17, 15) is 9.59 Å². The van der Waals surface area contributed by atoms with Crippen LogP contribution in [0.15, 0.2) is 35.5 Å². The van der Waals surface area contributed by atoms with Crippen molar-refractivity contribution in [3.8, 4) is 5.75 Å². The highest BCUT2D eigenvalue weighted by molar-refractivity contribution is 5.95. The highest BCUT2D eigenvalue weighted by Gasteiger charge is 2.32. The molecule has 0 unspecified atom stereocenters. The van der Waals surface area contributed by atoms with Crippen molar-refractivity contribution in [1.29, 1.82) is 0 Å². The molecule has 27 heavy (non-hydrogen) atoms. The number of allylic oxidation sites excluding steroid dienone is 1. The Hall–Kier alpha value is -2.54. The summed E-state index contributed by atoms with van der Waals surface area (Å²) in [7, 11) is 0. The zero-order valence-electron chi connectivity index (χ0n) is 15.9. The molecule has 2 N–H and O–H groups in total. The topological polar surface area (TPSA) is 85.9 Å². The number of nitrogens with one attached hydrogen (secondary N) is 2. The second-order valence-corrected chi connectivity index (χ2v) is 7.04. The van der Waals surface area contributed by atoms with Crippen LogP contribution < -0.4 is 15.4 Å². The van der Waals surface area contributed by atoms with Gasteiger partial charge in [0.1, 0.15) is 12.4 Å². The molecule has 1 aromatic carbocycles. The number of ether oxygens (including phenoxy) is 3. The molecule has 2 amide bonds. The Kier molecular flexibility index (Phi) is 6.01. The number of amides is 2. The maximum Gasteiger partial charge on any atom is 0.338 e. The van der Waals surface area contributed by atoms with E-state index in [4.69, 9.17) is 14.2 Å². The van der Waals surface area contributed by atoms with Crippen molar-refractivity contribution in [3.63, 3.8) is 0 Å². The van der Waals surface area contributed by atoms with E-state index in [2.05, 4.69) is 10.6 Å². The summed E-state index contributed by atoms with van der Waals surface area (Å²) < 4.78 is 16.6. The van der Waals surface area contributed by atoms with Crippen molar-refractivity contribution < 1.29 is 23.8 Å². The van der Waals surface area contributed by atoms with Gasteiger partial charge in [-0.25, -0.2) is 9.59 Å². The highest BCUT2D eigenvalue weighted by Crippen LogP contribution is 2.29. The van der Waals surface area contributed by atoms with Crippen LogP contribution in [0.1, 0.15) is 45.2 Å². The van der Waals surface area contributed by atoms with Gasteiger partial charge in [-0.2, -0.15) is 0 Å². The predicted octanol–water partition coefficient (Wildman–Crippen LogP) is 2.82. The van der Waals surface area contributed by atoms with Crippen molar-refractivity contribution in [1.82, 2.24) is 10.6 Å². The normalized spacial score (nSPS) is 22.4. The molecule has 0 saturated carbocycles. The van der Waals surface area contributed by atoms with E-state index in [0.29, 0.717) is 17.9 Å². The van der Waals surface area contributed by atoms with Crippen LogP contribution in [0.2, 0.25) is 0 Å². The highest BCUT2D eigenvalue weighted by atomic mass is 16.6. The van der Waals surface area contributed by atoms with Gasteiger partial charge >= 0.3 is 12.0 Å². The Balaban J connectivity index is 1.77. The fourth-order valence-electron chi connectivity index (χ4n) is 3.25. The number of esters is 1. The lowest BCUT2D eigenvalue weighted by molar-refractivity contribution is -0.142. The maximum atomic E-state index is 12.7. The zero-order valence-corrected chi connectivity index (χ0v) is 15.9. The van der Waals surface area contributed by atoms with Gasteiger partial charge in [0.15, 0.2) is 0 Å². The fourth-order valence-corrected chi connectivity index (χ4v) is 3.25. The van der Waals surface area contributed by atoms with Crippen molar-refractivity contribution in [2.75, 3.05) is 13.2 Å². The summed E-state index contributed by atoms with van der Waals surface area (Å²) in [5.41, 5.74) is 1.66. The summed E-state index contributed by atoms with van der Waals surface area (Å²) in [6.07, 6.45) is 1.89. The van der Waals surface area contributed by atoms with Gasteiger partial charge in [-0.1, -0.05) is 12.1 Å². The number of benzene rings is 1. The third-order valence-electron chi connectivity index (χ3n) is 4.50. The lowest BCUT2D eigenvalue weighted by Gasteiger charge is -2.28. The summed E-state index contributed by atoms with van der Waals surface area (Å²) in [5, 5.41) is 5.45. The van der Waals surface area contributed by atoms with Gasteiger partial charge in [0.05, 0.1) is 23.8 Å². The van der Waals surface area contributed by atoms with Gasteiger partial charge in [0.25, 0.3) is 0 Å². The monoisotopic (exact) mass is 374 g/mol. The molecule has 1 aromatic rings. The maximum absolute atomic E-state index is 12.7. The molecular weight excluding hydrogens is 348 g/mol. The minimum atomic E-state index is -0.580. The number of hydrogen-bond acceptors (Lipinski definition) is 5. The molecule has 1 saturated heterocycles. The Morgan fingerprint density at radius 3 is 2.67 bits per heavy atom. The van der Waals surface area contributed by atoms with Gasteiger partial charge in [0, 0.05) is 12.3 Å². The molecule has 0 aromatic heterocycles. The smallest absolute Gasteiger partial charge is 0.338 e. The number of carbonyl (C=O) groups is 2. The minimum absolute atomic E-state index is 0.0492. The molecule has 0 bridgehead atoms. The quantitative estimate of drug-likeness (QED) is 0.748. The van der Waals surface area contributed by atoms with Crippen LogP contribution in [0.5, 0.6) is 5.75 Å². The summed E-state index contributed by atoms with van der Waals surface area (Å²) >= 11 is 0. The molecule has 146 valence electrons. The first-order chi connectivity index (χ1) is 12.9. The standard InChI is InChI=1S/C20H26N2O5/c1-12(2)27-15-8-6-14(7-9-15)18-17(13(3)21-20(24)22-18)19(23)26-11-16-5-4-10-25-16/h6-9,12,16,18H,4-5,10-11H2,1-3H3,(H2,21,22,24)/t16-,18+/m0/s1. The number of carbonyl (C=O) groups excluding carboxylic acids is 2. The summed E-state index contributed by atoms with van der Waals surface area (Å²) in [5.74, 6) is 0.278. The van der Waals surface area contributed by atoms with E-state index in [1.54, 1.807) is 6.92 Å². The van der Waals surface area contributed by atoms with Crippen LogP contribution in [-0.4, -0.2) is 37.4 Å². The number of urea groups is 1. The van der Waals surface area contributed by atoms with Crippen molar-refractivity contribution in [2.24, 2.45) is 0 Å². The van der Waals surface area contributed by atoms with Crippen molar-refractivity contribution in [3.05, 3.63) is 41.1 Å². The molecule has 7 nitrogen and oxygen atoms in total. The SMILES string of the molecule is CC1=C(C(=O)OC[C@@H]2CCCO2)[C@@H](c2ccc(OC(C)C)cc2)NC(=O)N1. The van der Waals surface area contributed by atoms with E-state index >= 15 is 0 Å². The van der Waals surface area contributed by atoms with Gasteiger partial charge in [0.2, 0.25) is 0 Å². The number of hydrogen-bond donors (Lipinski definition) is 2. The van der Waals surface area contributed by atoms with Gasteiger partial charge in [-0.05, 0) is 51.3 Å². The molecule has 2 atom stereocenters. The van der Waals surface area contributed by atoms with Crippen LogP contribution in [-0.2, 0) is 14.3 Å². The largest absolute Gasteiger partial charge is 0.491 e. The molecule has 2 heterocycles. The molecule has 2 aliphatic rings. The third-order valence-corrected chi connectivity index (χ3v) is 4.50. The van der Waals surface area contributed by atoms with Gasteiger partial charge < -0.3 is 24.8 Å². The van der Waals surface area contributed by atoms with Crippen molar-refractivity contribution in [2.45, 2.75) is 51.9 Å². The molecule has 1 fully saturated rings. The van der Waals surface area contributed by atoms with Crippen molar-refractivity contribution >= 4 is 12.0 Å². The Bertz CT molecular complexity index is 720.